The molecule has 0 nitrogen and oxygen atoms in total. The van der Waals surface area contributed by atoms with Crippen molar-refractivity contribution in [1.29, 1.82) is 0 Å². The molecular weight excluding hydrogens is 340 g/mol. The Hall–Kier alpha value is -2.38. The van der Waals surface area contributed by atoms with Gasteiger partial charge in [0.25, 0.3) is 0 Å². The van der Waals surface area contributed by atoms with Gasteiger partial charge >= 0.3 is 0 Å². The van der Waals surface area contributed by atoms with Crippen LogP contribution in [0.4, 0.5) is 0 Å². The lowest BCUT2D eigenvalue weighted by Crippen LogP contribution is -2.63. The lowest BCUT2D eigenvalue weighted by Gasteiger charge is -2.42. The van der Waals surface area contributed by atoms with Gasteiger partial charge in [-0.3, -0.25) is 0 Å². The first-order chi connectivity index (χ1) is 13.0. The van der Waals surface area contributed by atoms with E-state index in [2.05, 4.69) is 124 Å². The van der Waals surface area contributed by atoms with Crippen molar-refractivity contribution in [3.63, 3.8) is 0 Å². The summed E-state index contributed by atoms with van der Waals surface area (Å²) in [5, 5.41) is 3.15. The first-order valence-corrected chi connectivity index (χ1v) is 11.9. The molecule has 0 spiro atoms. The Balaban J connectivity index is 2.00. The van der Waals surface area contributed by atoms with E-state index in [0.29, 0.717) is 0 Å². The van der Waals surface area contributed by atoms with Crippen molar-refractivity contribution in [3.05, 3.63) is 108 Å². The van der Waals surface area contributed by atoms with Gasteiger partial charge in [0.2, 0.25) is 0 Å². The molecule has 27 heavy (non-hydrogen) atoms. The zero-order valence-electron chi connectivity index (χ0n) is 16.7. The molecular formula is C26H30Si. The second-order valence-corrected chi connectivity index (χ2v) is 12.8. The summed E-state index contributed by atoms with van der Waals surface area (Å²) in [5.41, 5.74) is 3.99. The van der Waals surface area contributed by atoms with E-state index in [9.17, 15) is 0 Å². The SMILES string of the molecule is CC(C)(C)[Si](/C=C/CCc1ccccc1)(c1ccccc1)c1ccccc1. The van der Waals surface area contributed by atoms with Crippen LogP contribution in [0.2, 0.25) is 5.04 Å². The van der Waals surface area contributed by atoms with Crippen LogP contribution in [0.5, 0.6) is 0 Å². The molecule has 3 aromatic carbocycles. The molecule has 0 aromatic heterocycles. The summed E-state index contributed by atoms with van der Waals surface area (Å²) in [4.78, 5) is 0. The summed E-state index contributed by atoms with van der Waals surface area (Å²) in [6.07, 6.45) is 4.61. The van der Waals surface area contributed by atoms with Crippen molar-refractivity contribution in [2.24, 2.45) is 0 Å². The van der Waals surface area contributed by atoms with Gasteiger partial charge in [0, 0.05) is 0 Å². The van der Waals surface area contributed by atoms with Crippen molar-refractivity contribution in [2.45, 2.75) is 38.7 Å². The molecule has 1 heteroatoms. The van der Waals surface area contributed by atoms with E-state index in [1.54, 1.807) is 0 Å². The van der Waals surface area contributed by atoms with Crippen LogP contribution in [0, 0.1) is 0 Å². The molecule has 138 valence electrons. The van der Waals surface area contributed by atoms with Crippen LogP contribution >= 0.6 is 0 Å². The Bertz CT molecular complexity index is 803. The fourth-order valence-electron chi connectivity index (χ4n) is 4.03. The van der Waals surface area contributed by atoms with Crippen molar-refractivity contribution in [2.75, 3.05) is 0 Å². The van der Waals surface area contributed by atoms with Gasteiger partial charge in [-0.2, -0.15) is 0 Å². The average Bonchev–Trinajstić information content (AvgIpc) is 2.69. The van der Waals surface area contributed by atoms with Crippen molar-refractivity contribution < 1.29 is 0 Å². The molecule has 3 aromatic rings. The molecule has 0 radical (unpaired) electrons. The van der Waals surface area contributed by atoms with Gasteiger partial charge in [0.1, 0.15) is 8.07 Å². The van der Waals surface area contributed by atoms with E-state index < -0.39 is 8.07 Å². The quantitative estimate of drug-likeness (QED) is 0.483. The lowest BCUT2D eigenvalue weighted by atomic mass is 10.1. The third kappa shape index (κ3) is 4.31. The first-order valence-electron chi connectivity index (χ1n) is 9.87. The van der Waals surface area contributed by atoms with E-state index in [4.69, 9.17) is 0 Å². The Morgan fingerprint density at radius 2 is 1.11 bits per heavy atom. The standard InChI is InChI=1S/C26H30Si/c1-26(2,3)27(24-18-9-5-10-19-24,25-20-11-6-12-21-25)22-14-13-17-23-15-7-4-8-16-23/h4-12,14-16,18-22H,13,17H2,1-3H3/b22-14+. The summed E-state index contributed by atoms with van der Waals surface area (Å²) in [7, 11) is -2.07. The van der Waals surface area contributed by atoms with E-state index >= 15 is 0 Å². The summed E-state index contributed by atoms with van der Waals surface area (Å²) < 4.78 is 0. The fraction of sp³-hybridized carbons (Fsp3) is 0.231. The maximum atomic E-state index is 2.58. The predicted octanol–water partition coefficient (Wildman–Crippen LogP) is 5.78. The van der Waals surface area contributed by atoms with Crippen LogP contribution in [0.25, 0.3) is 0 Å². The number of aryl methyl sites for hydroxylation is 1. The van der Waals surface area contributed by atoms with Crippen LogP contribution in [-0.4, -0.2) is 8.07 Å². The van der Waals surface area contributed by atoms with Gasteiger partial charge in [-0.15, -0.1) is 0 Å². The second kappa shape index (κ2) is 8.54. The normalized spacial score (nSPS) is 12.4. The number of hydrogen-bond acceptors (Lipinski definition) is 0. The Labute approximate surface area is 165 Å². The smallest absolute Gasteiger partial charge is 0.0914 e. The summed E-state index contributed by atoms with van der Waals surface area (Å²) in [6, 6.07) is 33.1. The molecule has 0 saturated heterocycles. The molecule has 0 N–H and O–H groups in total. The number of benzene rings is 3. The highest BCUT2D eigenvalue weighted by atomic mass is 28.3. The minimum Gasteiger partial charge on any atom is -0.0914 e. The zero-order valence-corrected chi connectivity index (χ0v) is 17.7. The van der Waals surface area contributed by atoms with Crippen molar-refractivity contribution in [1.82, 2.24) is 0 Å². The van der Waals surface area contributed by atoms with Crippen LogP contribution in [0.15, 0.2) is 103 Å². The Kier molecular flexibility index (Phi) is 6.13. The molecule has 3 rings (SSSR count). The van der Waals surface area contributed by atoms with Crippen LogP contribution in [0.1, 0.15) is 32.8 Å². The van der Waals surface area contributed by atoms with Gasteiger partial charge in [0.15, 0.2) is 0 Å². The minimum absolute atomic E-state index is 0.180. The average molecular weight is 371 g/mol. The molecule has 0 unspecified atom stereocenters. The van der Waals surface area contributed by atoms with Gasteiger partial charge in [0.05, 0.1) is 0 Å². The molecule has 0 amide bonds. The summed E-state index contributed by atoms with van der Waals surface area (Å²) in [5.74, 6) is 0. The van der Waals surface area contributed by atoms with Crippen molar-refractivity contribution in [3.8, 4) is 0 Å². The molecule has 0 fully saturated rings. The topological polar surface area (TPSA) is 0 Å². The molecule has 0 bridgehead atoms. The highest BCUT2D eigenvalue weighted by Crippen LogP contribution is 2.36. The third-order valence-corrected chi connectivity index (χ3v) is 11.0. The monoisotopic (exact) mass is 370 g/mol. The summed E-state index contributed by atoms with van der Waals surface area (Å²) in [6.45, 7) is 7.21. The van der Waals surface area contributed by atoms with Crippen LogP contribution < -0.4 is 10.4 Å². The van der Waals surface area contributed by atoms with Gasteiger partial charge < -0.3 is 0 Å². The molecule has 0 aliphatic rings. The molecule has 0 saturated carbocycles. The number of hydrogen-bond donors (Lipinski definition) is 0. The van der Waals surface area contributed by atoms with Crippen LogP contribution in [-0.2, 0) is 6.42 Å². The maximum Gasteiger partial charge on any atom is 0.146 e. The fourth-order valence-corrected chi connectivity index (χ4v) is 8.94. The number of allylic oxidation sites excluding steroid dienone is 1. The van der Waals surface area contributed by atoms with Crippen molar-refractivity contribution >= 4 is 18.4 Å². The van der Waals surface area contributed by atoms with Gasteiger partial charge in [-0.25, -0.2) is 0 Å². The highest BCUT2D eigenvalue weighted by molar-refractivity contribution is 7.07. The third-order valence-electron chi connectivity index (χ3n) is 5.45. The summed E-state index contributed by atoms with van der Waals surface area (Å²) >= 11 is 0. The second-order valence-electron chi connectivity index (χ2n) is 8.22. The van der Waals surface area contributed by atoms with E-state index in [1.165, 1.54) is 15.9 Å². The Morgan fingerprint density at radius 3 is 1.56 bits per heavy atom. The van der Waals surface area contributed by atoms with E-state index in [-0.39, 0.29) is 5.04 Å². The zero-order chi connectivity index (χ0) is 19.2. The molecule has 0 aliphatic carbocycles. The Morgan fingerprint density at radius 1 is 0.667 bits per heavy atom. The molecule has 0 heterocycles. The molecule has 0 atom stereocenters. The predicted molar refractivity (Wildman–Crippen MR) is 122 cm³/mol. The first kappa shape index (κ1) is 19.4. The number of rotatable bonds is 6. The highest BCUT2D eigenvalue weighted by Gasteiger charge is 2.45. The van der Waals surface area contributed by atoms with E-state index in [0.717, 1.165) is 12.8 Å². The van der Waals surface area contributed by atoms with Gasteiger partial charge in [-0.1, -0.05) is 124 Å². The molecule has 0 aliphatic heterocycles. The van der Waals surface area contributed by atoms with Gasteiger partial charge in [-0.05, 0) is 33.8 Å². The van der Waals surface area contributed by atoms with E-state index in [1.807, 2.05) is 0 Å². The van der Waals surface area contributed by atoms with Crippen LogP contribution in [0.3, 0.4) is 0 Å². The largest absolute Gasteiger partial charge is 0.146 e. The lowest BCUT2D eigenvalue weighted by molar-refractivity contribution is 0.738. The maximum absolute atomic E-state index is 2.58. The minimum atomic E-state index is -2.07.